The topological polar surface area (TPSA) is 57.4 Å². The van der Waals surface area contributed by atoms with Gasteiger partial charge in [0.25, 0.3) is 0 Å². The van der Waals surface area contributed by atoms with Crippen LogP contribution in [0.1, 0.15) is 25.3 Å². The molecule has 0 aromatic carbocycles. The average Bonchev–Trinajstić information content (AvgIpc) is 2.72. The second kappa shape index (κ2) is 4.57. The highest BCUT2D eigenvalue weighted by Gasteiger charge is 2.39. The van der Waals surface area contributed by atoms with Crippen molar-refractivity contribution in [1.29, 1.82) is 0 Å². The van der Waals surface area contributed by atoms with E-state index in [1.165, 1.54) is 0 Å². The molecule has 0 spiro atoms. The van der Waals surface area contributed by atoms with Crippen molar-refractivity contribution >= 4 is 17.3 Å². The summed E-state index contributed by atoms with van der Waals surface area (Å²) in [7, 11) is 0. The van der Waals surface area contributed by atoms with Gasteiger partial charge in [0.1, 0.15) is 5.15 Å². The van der Waals surface area contributed by atoms with E-state index in [0.717, 1.165) is 18.4 Å². The molecule has 0 bridgehead atoms. The van der Waals surface area contributed by atoms with Crippen LogP contribution in [0.4, 0.5) is 5.69 Å². The monoisotopic (exact) mass is 242 g/mol. The van der Waals surface area contributed by atoms with Gasteiger partial charge in [-0.1, -0.05) is 24.9 Å². The van der Waals surface area contributed by atoms with E-state index >= 15 is 0 Å². The number of nitrogen functional groups attached to an aromatic ring is 1. The molecule has 0 unspecified atom stereocenters. The molecule has 88 valence electrons. The zero-order chi connectivity index (χ0) is 11.6. The minimum Gasteiger partial charge on any atom is -0.397 e. The number of hydrogen-bond donors (Lipinski definition) is 1. The number of pyridine rings is 1. The first-order chi connectivity index (χ1) is 7.68. The van der Waals surface area contributed by atoms with Crippen LogP contribution in [0, 0.1) is 0 Å². The number of nitrogens with two attached hydrogens (primary N) is 1. The summed E-state index contributed by atoms with van der Waals surface area (Å²) in [4.78, 5) is 3.93. The summed E-state index contributed by atoms with van der Waals surface area (Å²) < 4.78 is 11.4. The molecule has 0 amide bonds. The van der Waals surface area contributed by atoms with E-state index in [9.17, 15) is 0 Å². The number of halogens is 1. The first kappa shape index (κ1) is 11.6. The molecule has 1 aliphatic rings. The third-order valence-electron chi connectivity index (χ3n) is 2.64. The molecule has 1 aliphatic heterocycles. The lowest BCUT2D eigenvalue weighted by molar-refractivity contribution is -0.170. The second-order valence-electron chi connectivity index (χ2n) is 3.79. The van der Waals surface area contributed by atoms with Gasteiger partial charge in [0.05, 0.1) is 25.1 Å². The second-order valence-corrected chi connectivity index (χ2v) is 4.18. The quantitative estimate of drug-likeness (QED) is 0.827. The highest BCUT2D eigenvalue weighted by molar-refractivity contribution is 6.29. The molecule has 1 saturated heterocycles. The Bertz CT molecular complexity index is 378. The van der Waals surface area contributed by atoms with Crippen molar-refractivity contribution in [3.63, 3.8) is 0 Å². The van der Waals surface area contributed by atoms with Crippen LogP contribution in [0.15, 0.2) is 12.3 Å². The lowest BCUT2D eigenvalue weighted by Crippen LogP contribution is -2.28. The van der Waals surface area contributed by atoms with Crippen molar-refractivity contribution in [1.82, 2.24) is 4.98 Å². The molecule has 2 heterocycles. The maximum absolute atomic E-state index is 5.90. The van der Waals surface area contributed by atoms with Gasteiger partial charge in [-0.15, -0.1) is 0 Å². The van der Waals surface area contributed by atoms with Crippen LogP contribution in [0.5, 0.6) is 0 Å². The van der Waals surface area contributed by atoms with Crippen molar-refractivity contribution in [2.75, 3.05) is 18.9 Å². The fraction of sp³-hybridized carbons (Fsp3) is 0.545. The Morgan fingerprint density at radius 3 is 2.81 bits per heavy atom. The van der Waals surface area contributed by atoms with Gasteiger partial charge in [-0.05, 0) is 6.07 Å². The Kier molecular flexibility index (Phi) is 3.33. The zero-order valence-electron chi connectivity index (χ0n) is 9.20. The third kappa shape index (κ3) is 2.00. The predicted molar refractivity (Wildman–Crippen MR) is 62.1 cm³/mol. The van der Waals surface area contributed by atoms with Crippen molar-refractivity contribution in [3.8, 4) is 0 Å². The molecule has 2 N–H and O–H groups in total. The largest absolute Gasteiger partial charge is 0.397 e. The number of rotatable bonds is 3. The summed E-state index contributed by atoms with van der Waals surface area (Å²) in [6.07, 6.45) is 3.25. The smallest absolute Gasteiger partial charge is 0.197 e. The molecular formula is C11H15ClN2O2. The molecule has 2 rings (SSSR count). The maximum Gasteiger partial charge on any atom is 0.197 e. The van der Waals surface area contributed by atoms with Crippen LogP contribution in [-0.4, -0.2) is 18.2 Å². The van der Waals surface area contributed by atoms with Gasteiger partial charge in [0, 0.05) is 12.0 Å². The number of nitrogens with zero attached hydrogens (tertiary/aromatic N) is 1. The van der Waals surface area contributed by atoms with Gasteiger partial charge in [0.15, 0.2) is 5.79 Å². The molecule has 1 fully saturated rings. The Hall–Kier alpha value is -0.840. The van der Waals surface area contributed by atoms with Crippen molar-refractivity contribution in [3.05, 3.63) is 23.0 Å². The number of hydrogen-bond acceptors (Lipinski definition) is 4. The Labute approximate surface area is 99.7 Å². The van der Waals surface area contributed by atoms with Crippen LogP contribution < -0.4 is 5.73 Å². The molecule has 4 nitrogen and oxygen atoms in total. The van der Waals surface area contributed by atoms with Gasteiger partial charge >= 0.3 is 0 Å². The van der Waals surface area contributed by atoms with E-state index in [-0.39, 0.29) is 0 Å². The van der Waals surface area contributed by atoms with Crippen LogP contribution in [0.25, 0.3) is 0 Å². The van der Waals surface area contributed by atoms with Crippen LogP contribution >= 0.6 is 11.6 Å². The molecular weight excluding hydrogens is 228 g/mol. The van der Waals surface area contributed by atoms with E-state index in [2.05, 4.69) is 11.9 Å². The minimum atomic E-state index is -0.731. The van der Waals surface area contributed by atoms with Gasteiger partial charge < -0.3 is 15.2 Å². The van der Waals surface area contributed by atoms with E-state index in [4.69, 9.17) is 26.8 Å². The summed E-state index contributed by atoms with van der Waals surface area (Å²) >= 11 is 5.88. The van der Waals surface area contributed by atoms with Crippen molar-refractivity contribution < 1.29 is 9.47 Å². The summed E-state index contributed by atoms with van der Waals surface area (Å²) in [6.45, 7) is 3.24. The molecule has 0 aliphatic carbocycles. The molecule has 5 heteroatoms. The fourth-order valence-electron chi connectivity index (χ4n) is 1.99. The molecule has 0 saturated carbocycles. The number of aromatic nitrogens is 1. The van der Waals surface area contributed by atoms with Crippen LogP contribution in [0.2, 0.25) is 5.15 Å². The SMILES string of the molecule is CCCC1(c2cc(Cl)ncc2N)OCCO1. The Morgan fingerprint density at radius 2 is 2.19 bits per heavy atom. The van der Waals surface area contributed by atoms with Crippen molar-refractivity contribution in [2.45, 2.75) is 25.6 Å². The highest BCUT2D eigenvalue weighted by Crippen LogP contribution is 2.39. The lowest BCUT2D eigenvalue weighted by atomic mass is 10.0. The molecule has 1 aromatic rings. The first-order valence-electron chi connectivity index (χ1n) is 5.37. The maximum atomic E-state index is 5.90. The molecule has 0 atom stereocenters. The molecule has 0 radical (unpaired) electrons. The highest BCUT2D eigenvalue weighted by atomic mass is 35.5. The van der Waals surface area contributed by atoms with Gasteiger partial charge in [0.2, 0.25) is 0 Å². The number of anilines is 1. The molecule has 16 heavy (non-hydrogen) atoms. The summed E-state index contributed by atoms with van der Waals surface area (Å²) in [5, 5.41) is 0.402. The fourth-order valence-corrected chi connectivity index (χ4v) is 2.15. The van der Waals surface area contributed by atoms with E-state index in [1.807, 2.05) is 0 Å². The van der Waals surface area contributed by atoms with E-state index in [0.29, 0.717) is 24.1 Å². The minimum absolute atomic E-state index is 0.402. The average molecular weight is 243 g/mol. The summed E-state index contributed by atoms with van der Waals surface area (Å²) in [5.74, 6) is -0.731. The standard InChI is InChI=1S/C11H15ClN2O2/c1-2-3-11(15-4-5-16-11)8-6-10(12)14-7-9(8)13/h6-7H,2-5,13H2,1H3. The molecule has 1 aromatic heterocycles. The first-order valence-corrected chi connectivity index (χ1v) is 5.75. The van der Waals surface area contributed by atoms with Gasteiger partial charge in [-0.2, -0.15) is 0 Å². The Balaban J connectivity index is 2.42. The Morgan fingerprint density at radius 1 is 1.50 bits per heavy atom. The van der Waals surface area contributed by atoms with Crippen LogP contribution in [-0.2, 0) is 15.3 Å². The van der Waals surface area contributed by atoms with E-state index < -0.39 is 5.79 Å². The summed E-state index contributed by atoms with van der Waals surface area (Å²) in [5.41, 5.74) is 7.24. The zero-order valence-corrected chi connectivity index (χ0v) is 9.96. The van der Waals surface area contributed by atoms with Crippen LogP contribution in [0.3, 0.4) is 0 Å². The predicted octanol–water partition coefficient (Wildman–Crippen LogP) is 2.32. The number of ether oxygens (including phenoxy) is 2. The summed E-state index contributed by atoms with van der Waals surface area (Å²) in [6, 6.07) is 1.72. The van der Waals surface area contributed by atoms with Crippen molar-refractivity contribution in [2.24, 2.45) is 0 Å². The van der Waals surface area contributed by atoms with Gasteiger partial charge in [-0.3, -0.25) is 0 Å². The lowest BCUT2D eigenvalue weighted by Gasteiger charge is -2.28. The van der Waals surface area contributed by atoms with Gasteiger partial charge in [-0.25, -0.2) is 4.98 Å². The van der Waals surface area contributed by atoms with E-state index in [1.54, 1.807) is 12.3 Å². The normalized spacial score (nSPS) is 18.9. The third-order valence-corrected chi connectivity index (χ3v) is 2.85.